The predicted octanol–water partition coefficient (Wildman–Crippen LogP) is 2.57. The highest BCUT2D eigenvalue weighted by molar-refractivity contribution is 5.95. The first kappa shape index (κ1) is 14.4. The van der Waals surface area contributed by atoms with Crippen LogP contribution >= 0.6 is 0 Å². The molecule has 0 spiro atoms. The quantitative estimate of drug-likeness (QED) is 0.864. The SMILES string of the molecule is COc1cc(C(=O)NC(C)(C)C(C)C)ccc1O. The molecule has 4 nitrogen and oxygen atoms in total. The van der Waals surface area contributed by atoms with Crippen molar-refractivity contribution in [3.8, 4) is 11.5 Å². The van der Waals surface area contributed by atoms with Gasteiger partial charge in [-0.3, -0.25) is 4.79 Å². The van der Waals surface area contributed by atoms with Crippen molar-refractivity contribution in [1.29, 1.82) is 0 Å². The van der Waals surface area contributed by atoms with Crippen molar-refractivity contribution >= 4 is 5.91 Å². The maximum Gasteiger partial charge on any atom is 0.251 e. The number of ether oxygens (including phenoxy) is 1. The molecule has 0 saturated carbocycles. The molecule has 1 aromatic rings. The molecule has 0 radical (unpaired) electrons. The van der Waals surface area contributed by atoms with Crippen molar-refractivity contribution in [3.05, 3.63) is 23.8 Å². The fourth-order valence-electron chi connectivity index (χ4n) is 1.33. The third-order valence-corrected chi connectivity index (χ3v) is 3.32. The van der Waals surface area contributed by atoms with E-state index in [9.17, 15) is 9.90 Å². The monoisotopic (exact) mass is 251 g/mol. The molecule has 100 valence electrons. The van der Waals surface area contributed by atoms with Crippen LogP contribution in [0.5, 0.6) is 11.5 Å². The van der Waals surface area contributed by atoms with Gasteiger partial charge in [-0.25, -0.2) is 0 Å². The Bertz CT molecular complexity index is 439. The lowest BCUT2D eigenvalue weighted by molar-refractivity contribution is 0.0890. The number of phenols is 1. The Morgan fingerprint density at radius 2 is 2.00 bits per heavy atom. The van der Waals surface area contributed by atoms with E-state index in [1.807, 2.05) is 13.8 Å². The molecule has 0 bridgehead atoms. The molecule has 0 unspecified atom stereocenters. The summed E-state index contributed by atoms with van der Waals surface area (Å²) in [6, 6.07) is 4.56. The lowest BCUT2D eigenvalue weighted by Gasteiger charge is -2.30. The van der Waals surface area contributed by atoms with Gasteiger partial charge in [-0.1, -0.05) is 13.8 Å². The third-order valence-electron chi connectivity index (χ3n) is 3.32. The molecule has 2 N–H and O–H groups in total. The Labute approximate surface area is 108 Å². The van der Waals surface area contributed by atoms with Crippen LogP contribution in [-0.4, -0.2) is 23.7 Å². The molecule has 0 heterocycles. The number of benzene rings is 1. The van der Waals surface area contributed by atoms with Gasteiger partial charge >= 0.3 is 0 Å². The van der Waals surface area contributed by atoms with E-state index >= 15 is 0 Å². The van der Waals surface area contributed by atoms with Crippen molar-refractivity contribution < 1.29 is 14.6 Å². The van der Waals surface area contributed by atoms with Crippen LogP contribution in [0.2, 0.25) is 0 Å². The Morgan fingerprint density at radius 3 is 2.50 bits per heavy atom. The zero-order chi connectivity index (χ0) is 13.9. The number of phenolic OH excluding ortho intramolecular Hbond substituents is 1. The summed E-state index contributed by atoms with van der Waals surface area (Å²) < 4.78 is 4.98. The standard InChI is InChI=1S/C14H21NO3/c1-9(2)14(3,4)15-13(17)10-6-7-11(16)12(8-10)18-5/h6-9,16H,1-5H3,(H,15,17). The summed E-state index contributed by atoms with van der Waals surface area (Å²) in [4.78, 5) is 12.1. The average molecular weight is 251 g/mol. The molecule has 1 rings (SSSR count). The van der Waals surface area contributed by atoms with E-state index in [0.717, 1.165) is 0 Å². The first-order chi connectivity index (χ1) is 8.27. The minimum Gasteiger partial charge on any atom is -0.504 e. The summed E-state index contributed by atoms with van der Waals surface area (Å²) >= 11 is 0. The lowest BCUT2D eigenvalue weighted by atomic mass is 9.90. The largest absolute Gasteiger partial charge is 0.504 e. The van der Waals surface area contributed by atoms with Crippen LogP contribution < -0.4 is 10.1 Å². The average Bonchev–Trinajstić information content (AvgIpc) is 2.28. The second-order valence-corrected chi connectivity index (χ2v) is 5.22. The van der Waals surface area contributed by atoms with Gasteiger partial charge in [-0.05, 0) is 38.0 Å². The summed E-state index contributed by atoms with van der Waals surface area (Å²) in [5, 5.41) is 12.4. The summed E-state index contributed by atoms with van der Waals surface area (Å²) in [6.07, 6.45) is 0. The summed E-state index contributed by atoms with van der Waals surface area (Å²) in [7, 11) is 1.45. The zero-order valence-electron chi connectivity index (χ0n) is 11.6. The van der Waals surface area contributed by atoms with Crippen LogP contribution in [0.3, 0.4) is 0 Å². The molecule has 0 atom stereocenters. The number of carbonyl (C=O) groups is 1. The number of hydrogen-bond acceptors (Lipinski definition) is 3. The maximum absolute atomic E-state index is 12.1. The van der Waals surface area contributed by atoms with Gasteiger partial charge in [0, 0.05) is 11.1 Å². The summed E-state index contributed by atoms with van der Waals surface area (Å²) in [6.45, 7) is 8.07. The highest BCUT2D eigenvalue weighted by Gasteiger charge is 2.25. The molecule has 1 aromatic carbocycles. The van der Waals surface area contributed by atoms with E-state index in [-0.39, 0.29) is 17.2 Å². The fourth-order valence-corrected chi connectivity index (χ4v) is 1.33. The topological polar surface area (TPSA) is 58.6 Å². The van der Waals surface area contributed by atoms with Crippen LogP contribution in [0.25, 0.3) is 0 Å². The van der Waals surface area contributed by atoms with Gasteiger partial charge < -0.3 is 15.2 Å². The molecular weight excluding hydrogens is 230 g/mol. The van der Waals surface area contributed by atoms with Crippen LogP contribution in [0.4, 0.5) is 0 Å². The molecule has 0 aliphatic carbocycles. The van der Waals surface area contributed by atoms with E-state index in [4.69, 9.17) is 4.74 Å². The zero-order valence-corrected chi connectivity index (χ0v) is 11.6. The van der Waals surface area contributed by atoms with Gasteiger partial charge in [0.2, 0.25) is 0 Å². The number of amides is 1. The third kappa shape index (κ3) is 3.15. The first-order valence-electron chi connectivity index (χ1n) is 5.97. The minimum absolute atomic E-state index is 0.0252. The van der Waals surface area contributed by atoms with Crippen molar-refractivity contribution in [2.24, 2.45) is 5.92 Å². The van der Waals surface area contributed by atoms with Gasteiger partial charge in [0.1, 0.15) is 0 Å². The van der Waals surface area contributed by atoms with Gasteiger partial charge in [-0.15, -0.1) is 0 Å². The minimum atomic E-state index is -0.289. The van der Waals surface area contributed by atoms with Gasteiger partial charge in [0.25, 0.3) is 5.91 Å². The number of hydrogen-bond donors (Lipinski definition) is 2. The number of carbonyl (C=O) groups excluding carboxylic acids is 1. The van der Waals surface area contributed by atoms with Gasteiger partial charge in [0.15, 0.2) is 11.5 Å². The Hall–Kier alpha value is -1.71. The predicted molar refractivity (Wildman–Crippen MR) is 71.0 cm³/mol. The Morgan fingerprint density at radius 1 is 1.39 bits per heavy atom. The van der Waals surface area contributed by atoms with E-state index in [2.05, 4.69) is 19.2 Å². The van der Waals surface area contributed by atoms with E-state index < -0.39 is 0 Å². The highest BCUT2D eigenvalue weighted by Crippen LogP contribution is 2.26. The van der Waals surface area contributed by atoms with Crippen molar-refractivity contribution in [3.63, 3.8) is 0 Å². The fraction of sp³-hybridized carbons (Fsp3) is 0.500. The molecule has 0 saturated heterocycles. The number of methoxy groups -OCH3 is 1. The van der Waals surface area contributed by atoms with Crippen molar-refractivity contribution in [2.75, 3.05) is 7.11 Å². The normalized spacial score (nSPS) is 11.4. The number of nitrogens with one attached hydrogen (secondary N) is 1. The van der Waals surface area contributed by atoms with Crippen LogP contribution in [-0.2, 0) is 0 Å². The smallest absolute Gasteiger partial charge is 0.251 e. The molecule has 18 heavy (non-hydrogen) atoms. The van der Waals surface area contributed by atoms with Crippen LogP contribution in [0.1, 0.15) is 38.1 Å². The summed E-state index contributed by atoms with van der Waals surface area (Å²) in [5.41, 5.74) is 0.181. The number of rotatable bonds is 4. The molecule has 1 amide bonds. The van der Waals surface area contributed by atoms with E-state index in [1.165, 1.54) is 19.2 Å². The second-order valence-electron chi connectivity index (χ2n) is 5.22. The highest BCUT2D eigenvalue weighted by atomic mass is 16.5. The molecule has 0 fully saturated rings. The summed E-state index contributed by atoms with van der Waals surface area (Å²) in [5.74, 6) is 0.467. The van der Waals surface area contributed by atoms with Crippen LogP contribution in [0, 0.1) is 5.92 Å². The van der Waals surface area contributed by atoms with E-state index in [1.54, 1.807) is 6.07 Å². The Balaban J connectivity index is 2.92. The first-order valence-corrected chi connectivity index (χ1v) is 5.97. The maximum atomic E-state index is 12.1. The number of aromatic hydroxyl groups is 1. The molecular formula is C14H21NO3. The molecule has 0 aliphatic rings. The van der Waals surface area contributed by atoms with E-state index in [0.29, 0.717) is 17.2 Å². The van der Waals surface area contributed by atoms with Gasteiger partial charge in [-0.2, -0.15) is 0 Å². The molecule has 0 aromatic heterocycles. The Kier molecular flexibility index (Phi) is 4.22. The molecule has 4 heteroatoms. The van der Waals surface area contributed by atoms with Gasteiger partial charge in [0.05, 0.1) is 7.11 Å². The second kappa shape index (κ2) is 5.29. The van der Waals surface area contributed by atoms with Crippen molar-refractivity contribution in [1.82, 2.24) is 5.32 Å². The molecule has 0 aliphatic heterocycles. The van der Waals surface area contributed by atoms with Crippen molar-refractivity contribution in [2.45, 2.75) is 33.2 Å². The lowest BCUT2D eigenvalue weighted by Crippen LogP contribution is -2.47. The van der Waals surface area contributed by atoms with Crippen LogP contribution in [0.15, 0.2) is 18.2 Å².